The average molecular weight is 334 g/mol. The molecule has 0 bridgehead atoms. The van der Waals surface area contributed by atoms with Crippen LogP contribution in [0.2, 0.25) is 0 Å². The van der Waals surface area contributed by atoms with Gasteiger partial charge < -0.3 is 5.32 Å². The van der Waals surface area contributed by atoms with Gasteiger partial charge in [0.05, 0.1) is 0 Å². The van der Waals surface area contributed by atoms with Gasteiger partial charge in [0.2, 0.25) is 5.91 Å². The molecule has 1 aliphatic carbocycles. The molecule has 1 saturated heterocycles. The third-order valence-corrected chi connectivity index (χ3v) is 5.61. The second-order valence-electron chi connectivity index (χ2n) is 7.49. The van der Waals surface area contributed by atoms with E-state index in [1.165, 1.54) is 23.1 Å². The van der Waals surface area contributed by atoms with Crippen LogP contribution in [-0.2, 0) is 24.2 Å². The van der Waals surface area contributed by atoms with Crippen LogP contribution in [0.1, 0.15) is 23.1 Å². The van der Waals surface area contributed by atoms with Gasteiger partial charge in [-0.3, -0.25) is 9.69 Å². The minimum atomic E-state index is 0.124. The Morgan fingerprint density at radius 1 is 1.00 bits per heavy atom. The molecule has 2 aromatic carbocycles. The zero-order valence-corrected chi connectivity index (χ0v) is 14.7. The Balaban J connectivity index is 1.22. The lowest BCUT2D eigenvalue weighted by atomic mass is 10.0. The van der Waals surface area contributed by atoms with Gasteiger partial charge in [-0.15, -0.1) is 0 Å². The highest BCUT2D eigenvalue weighted by Crippen LogP contribution is 2.26. The molecule has 1 aliphatic heterocycles. The van der Waals surface area contributed by atoms with Crippen molar-refractivity contribution in [2.45, 2.75) is 25.8 Å². The van der Waals surface area contributed by atoms with Gasteiger partial charge >= 0.3 is 0 Å². The number of benzene rings is 2. The van der Waals surface area contributed by atoms with Crippen LogP contribution in [0, 0.1) is 11.8 Å². The molecule has 0 aromatic heterocycles. The summed E-state index contributed by atoms with van der Waals surface area (Å²) in [6, 6.07) is 19.1. The molecule has 25 heavy (non-hydrogen) atoms. The first-order valence-corrected chi connectivity index (χ1v) is 9.38. The van der Waals surface area contributed by atoms with Crippen LogP contribution in [0.4, 0.5) is 0 Å². The normalized spacial score (nSPS) is 20.6. The number of hydrogen-bond donors (Lipinski definition) is 1. The Kier molecular flexibility index (Phi) is 4.84. The summed E-state index contributed by atoms with van der Waals surface area (Å²) in [5.74, 6) is 0.938. The van der Waals surface area contributed by atoms with E-state index in [-0.39, 0.29) is 11.8 Å². The van der Waals surface area contributed by atoms with Gasteiger partial charge in [-0.25, -0.2) is 0 Å². The van der Waals surface area contributed by atoms with E-state index in [0.29, 0.717) is 5.92 Å². The molecule has 0 radical (unpaired) electrons. The SMILES string of the molecule is O=C(NCC1CCN(Cc2ccccc2)C1)C1Cc2ccccc2C1. The van der Waals surface area contributed by atoms with Gasteiger partial charge in [0.1, 0.15) is 0 Å². The summed E-state index contributed by atoms with van der Waals surface area (Å²) in [4.78, 5) is 15.0. The van der Waals surface area contributed by atoms with Crippen molar-refractivity contribution >= 4 is 5.91 Å². The summed E-state index contributed by atoms with van der Waals surface area (Å²) in [6.07, 6.45) is 2.97. The van der Waals surface area contributed by atoms with Crippen molar-refractivity contribution in [1.82, 2.24) is 10.2 Å². The molecular weight excluding hydrogens is 308 g/mol. The molecule has 0 saturated carbocycles. The number of carbonyl (C=O) groups is 1. The van der Waals surface area contributed by atoms with Crippen LogP contribution in [0.5, 0.6) is 0 Å². The van der Waals surface area contributed by atoms with Gasteiger partial charge in [0.25, 0.3) is 0 Å². The predicted octanol–water partition coefficient (Wildman–Crippen LogP) is 3.04. The van der Waals surface area contributed by atoms with E-state index in [1.54, 1.807) is 0 Å². The molecule has 1 amide bonds. The van der Waals surface area contributed by atoms with Gasteiger partial charge in [-0.2, -0.15) is 0 Å². The molecule has 1 N–H and O–H groups in total. The standard InChI is InChI=1S/C22H26N2O/c25-22(21-12-19-8-4-5-9-20(19)13-21)23-14-18-10-11-24(16-18)15-17-6-2-1-3-7-17/h1-9,18,21H,10-16H2,(H,23,25). The molecule has 0 spiro atoms. The first-order chi connectivity index (χ1) is 12.3. The Bertz CT molecular complexity index is 703. The zero-order chi connectivity index (χ0) is 17.1. The second kappa shape index (κ2) is 7.40. The fraction of sp³-hybridized carbons (Fsp3) is 0.409. The van der Waals surface area contributed by atoms with E-state index in [4.69, 9.17) is 0 Å². The van der Waals surface area contributed by atoms with Crippen LogP contribution in [0.25, 0.3) is 0 Å². The second-order valence-corrected chi connectivity index (χ2v) is 7.49. The van der Waals surface area contributed by atoms with E-state index >= 15 is 0 Å². The van der Waals surface area contributed by atoms with Crippen LogP contribution in [0.15, 0.2) is 54.6 Å². The van der Waals surface area contributed by atoms with Crippen LogP contribution in [0.3, 0.4) is 0 Å². The Labute approximate surface area is 150 Å². The maximum absolute atomic E-state index is 12.5. The molecule has 1 heterocycles. The van der Waals surface area contributed by atoms with Gasteiger partial charge in [-0.05, 0) is 48.4 Å². The van der Waals surface area contributed by atoms with E-state index in [1.807, 2.05) is 0 Å². The Hall–Kier alpha value is -2.13. The average Bonchev–Trinajstić information content (AvgIpc) is 3.27. The fourth-order valence-corrected chi connectivity index (χ4v) is 4.20. The first-order valence-electron chi connectivity index (χ1n) is 9.38. The summed E-state index contributed by atoms with van der Waals surface area (Å²) in [7, 11) is 0. The maximum atomic E-state index is 12.5. The predicted molar refractivity (Wildman–Crippen MR) is 100 cm³/mol. The van der Waals surface area contributed by atoms with Crippen molar-refractivity contribution in [1.29, 1.82) is 0 Å². The molecule has 3 heteroatoms. The lowest BCUT2D eigenvalue weighted by molar-refractivity contribution is -0.124. The number of likely N-dealkylation sites (tertiary alicyclic amines) is 1. The third kappa shape index (κ3) is 3.93. The Morgan fingerprint density at radius 3 is 2.40 bits per heavy atom. The quantitative estimate of drug-likeness (QED) is 0.911. The molecule has 2 aromatic rings. The Morgan fingerprint density at radius 2 is 1.68 bits per heavy atom. The van der Waals surface area contributed by atoms with Crippen LogP contribution < -0.4 is 5.32 Å². The largest absolute Gasteiger partial charge is 0.356 e. The number of carbonyl (C=O) groups excluding carboxylic acids is 1. The molecule has 130 valence electrons. The van der Waals surface area contributed by atoms with Crippen molar-refractivity contribution < 1.29 is 4.79 Å². The highest BCUT2D eigenvalue weighted by atomic mass is 16.1. The topological polar surface area (TPSA) is 32.3 Å². The van der Waals surface area contributed by atoms with E-state index in [2.05, 4.69) is 64.8 Å². The van der Waals surface area contributed by atoms with Gasteiger partial charge in [-0.1, -0.05) is 54.6 Å². The summed E-state index contributed by atoms with van der Waals surface area (Å²) in [5.41, 5.74) is 4.06. The van der Waals surface area contributed by atoms with Gasteiger partial charge in [0, 0.05) is 25.6 Å². The highest BCUT2D eigenvalue weighted by molar-refractivity contribution is 5.80. The third-order valence-electron chi connectivity index (χ3n) is 5.61. The molecule has 2 aliphatic rings. The fourth-order valence-electron chi connectivity index (χ4n) is 4.20. The molecule has 1 unspecified atom stereocenters. The van der Waals surface area contributed by atoms with Crippen LogP contribution in [-0.4, -0.2) is 30.4 Å². The lowest BCUT2D eigenvalue weighted by Crippen LogP contribution is -2.35. The first kappa shape index (κ1) is 16.3. The van der Waals surface area contributed by atoms with Crippen molar-refractivity contribution in [2.24, 2.45) is 11.8 Å². The number of hydrogen-bond acceptors (Lipinski definition) is 2. The maximum Gasteiger partial charge on any atom is 0.223 e. The number of nitrogens with one attached hydrogen (secondary N) is 1. The summed E-state index contributed by atoms with van der Waals surface area (Å²) >= 11 is 0. The molecule has 1 fully saturated rings. The van der Waals surface area contributed by atoms with E-state index in [0.717, 1.165) is 39.0 Å². The molecule has 4 rings (SSSR count). The number of amides is 1. The summed E-state index contributed by atoms with van der Waals surface area (Å²) < 4.78 is 0. The van der Waals surface area contributed by atoms with Crippen molar-refractivity contribution in [2.75, 3.05) is 19.6 Å². The summed E-state index contributed by atoms with van der Waals surface area (Å²) in [5, 5.41) is 3.22. The molecule has 3 nitrogen and oxygen atoms in total. The summed E-state index contributed by atoms with van der Waals surface area (Å²) in [6.45, 7) is 4.05. The monoisotopic (exact) mass is 334 g/mol. The van der Waals surface area contributed by atoms with E-state index in [9.17, 15) is 4.79 Å². The molecule has 1 atom stereocenters. The van der Waals surface area contributed by atoms with Crippen molar-refractivity contribution in [3.63, 3.8) is 0 Å². The highest BCUT2D eigenvalue weighted by Gasteiger charge is 2.28. The van der Waals surface area contributed by atoms with Crippen molar-refractivity contribution in [3.8, 4) is 0 Å². The number of fused-ring (bicyclic) bond motifs is 1. The zero-order valence-electron chi connectivity index (χ0n) is 14.7. The van der Waals surface area contributed by atoms with Crippen molar-refractivity contribution in [3.05, 3.63) is 71.3 Å². The lowest BCUT2D eigenvalue weighted by Gasteiger charge is -2.17. The minimum absolute atomic E-state index is 0.124. The smallest absolute Gasteiger partial charge is 0.223 e. The van der Waals surface area contributed by atoms with Crippen LogP contribution >= 0.6 is 0 Å². The number of rotatable bonds is 5. The minimum Gasteiger partial charge on any atom is -0.356 e. The van der Waals surface area contributed by atoms with Gasteiger partial charge in [0.15, 0.2) is 0 Å². The van der Waals surface area contributed by atoms with E-state index < -0.39 is 0 Å². The number of nitrogens with zero attached hydrogens (tertiary/aromatic N) is 1. The molecular formula is C22H26N2O.